The van der Waals surface area contributed by atoms with Crippen molar-refractivity contribution in [1.29, 1.82) is 0 Å². The van der Waals surface area contributed by atoms with E-state index in [2.05, 4.69) is 4.72 Å². The maximum atomic E-state index is 12.0. The predicted octanol–water partition coefficient (Wildman–Crippen LogP) is 2.79. The molecule has 1 aromatic rings. The molecule has 0 unspecified atom stereocenters. The molecule has 2 N–H and O–H groups in total. The standard InChI is InChI=1S/C12H17Cl2NO4S/c1-2-5-19-6-3-4-15-20(17,18)11-8-9(13)7-10(14)12(11)16/h7-8,15-16H,2-6H2,1H3. The van der Waals surface area contributed by atoms with Crippen LogP contribution < -0.4 is 4.72 Å². The molecule has 0 radical (unpaired) electrons. The Hall–Kier alpha value is -0.530. The first-order valence-corrected chi connectivity index (χ1v) is 8.37. The second-order valence-electron chi connectivity index (χ2n) is 4.10. The van der Waals surface area contributed by atoms with E-state index in [0.717, 1.165) is 12.5 Å². The summed E-state index contributed by atoms with van der Waals surface area (Å²) in [6, 6.07) is 2.43. The minimum atomic E-state index is -3.85. The first kappa shape index (κ1) is 17.5. The highest BCUT2D eigenvalue weighted by Crippen LogP contribution is 2.33. The van der Waals surface area contributed by atoms with Gasteiger partial charge in [-0.2, -0.15) is 0 Å². The number of hydrogen-bond acceptors (Lipinski definition) is 4. The zero-order chi connectivity index (χ0) is 15.2. The van der Waals surface area contributed by atoms with Crippen molar-refractivity contribution in [2.45, 2.75) is 24.7 Å². The molecule has 0 spiro atoms. The lowest BCUT2D eigenvalue weighted by Gasteiger charge is -2.10. The number of phenols is 1. The van der Waals surface area contributed by atoms with Crippen LogP contribution in [0.15, 0.2) is 17.0 Å². The van der Waals surface area contributed by atoms with Gasteiger partial charge in [-0.15, -0.1) is 0 Å². The molecule has 0 aliphatic rings. The maximum absolute atomic E-state index is 12.0. The molecule has 0 heterocycles. The van der Waals surface area contributed by atoms with Crippen LogP contribution in [0.25, 0.3) is 0 Å². The average Bonchev–Trinajstić information content (AvgIpc) is 2.37. The molecule has 5 nitrogen and oxygen atoms in total. The Labute approximate surface area is 128 Å². The summed E-state index contributed by atoms with van der Waals surface area (Å²) in [5.74, 6) is -0.509. The Morgan fingerprint density at radius 3 is 2.65 bits per heavy atom. The van der Waals surface area contributed by atoms with E-state index in [1.165, 1.54) is 6.07 Å². The molecular formula is C12H17Cl2NO4S. The quantitative estimate of drug-likeness (QED) is 0.713. The number of sulfonamides is 1. The Bertz CT molecular complexity index is 549. The van der Waals surface area contributed by atoms with E-state index >= 15 is 0 Å². The van der Waals surface area contributed by atoms with Gasteiger partial charge in [-0.05, 0) is 25.0 Å². The third kappa shape index (κ3) is 5.10. The summed E-state index contributed by atoms with van der Waals surface area (Å²) >= 11 is 11.4. The minimum Gasteiger partial charge on any atom is -0.505 e. The molecule has 1 aromatic carbocycles. The molecule has 8 heteroatoms. The summed E-state index contributed by atoms with van der Waals surface area (Å²) in [6.07, 6.45) is 1.45. The summed E-state index contributed by atoms with van der Waals surface area (Å²) in [5, 5.41) is 9.73. The first-order chi connectivity index (χ1) is 9.38. The fourth-order valence-corrected chi connectivity index (χ4v) is 3.28. The van der Waals surface area contributed by atoms with Crippen LogP contribution in [-0.2, 0) is 14.8 Å². The van der Waals surface area contributed by atoms with E-state index in [-0.39, 0.29) is 21.5 Å². The maximum Gasteiger partial charge on any atom is 0.244 e. The second-order valence-corrected chi connectivity index (χ2v) is 6.68. The number of nitrogens with one attached hydrogen (secondary N) is 1. The highest BCUT2D eigenvalue weighted by atomic mass is 35.5. The number of aromatic hydroxyl groups is 1. The fraction of sp³-hybridized carbons (Fsp3) is 0.500. The largest absolute Gasteiger partial charge is 0.505 e. The number of phenolic OH excluding ortho intramolecular Hbond substituents is 1. The molecule has 0 saturated heterocycles. The van der Waals surface area contributed by atoms with Gasteiger partial charge in [0.25, 0.3) is 0 Å². The van der Waals surface area contributed by atoms with Gasteiger partial charge in [-0.25, -0.2) is 13.1 Å². The van der Waals surface area contributed by atoms with Gasteiger partial charge < -0.3 is 9.84 Å². The van der Waals surface area contributed by atoms with Gasteiger partial charge in [0, 0.05) is 24.8 Å². The second kappa shape index (κ2) is 8.05. The Balaban J connectivity index is 2.65. The number of halogens is 2. The van der Waals surface area contributed by atoms with Crippen molar-refractivity contribution in [1.82, 2.24) is 4.72 Å². The summed E-state index contributed by atoms with van der Waals surface area (Å²) in [6.45, 7) is 3.32. The molecule has 0 aliphatic heterocycles. The normalized spacial score (nSPS) is 11.8. The van der Waals surface area contributed by atoms with Crippen molar-refractivity contribution in [3.8, 4) is 5.75 Å². The van der Waals surface area contributed by atoms with Gasteiger partial charge in [0.1, 0.15) is 4.90 Å². The Kier molecular flexibility index (Phi) is 7.05. The van der Waals surface area contributed by atoms with Crippen LogP contribution in [0.1, 0.15) is 19.8 Å². The molecule has 20 heavy (non-hydrogen) atoms. The fourth-order valence-electron chi connectivity index (χ4n) is 1.45. The van der Waals surface area contributed by atoms with Crippen molar-refractivity contribution >= 4 is 33.2 Å². The third-order valence-electron chi connectivity index (χ3n) is 2.39. The molecule has 0 fully saturated rings. The molecule has 0 atom stereocenters. The Morgan fingerprint density at radius 2 is 2.00 bits per heavy atom. The number of hydrogen-bond donors (Lipinski definition) is 2. The van der Waals surface area contributed by atoms with E-state index in [4.69, 9.17) is 27.9 Å². The van der Waals surface area contributed by atoms with E-state index < -0.39 is 15.8 Å². The van der Waals surface area contributed by atoms with Gasteiger partial charge in [0.05, 0.1) is 5.02 Å². The monoisotopic (exact) mass is 341 g/mol. The zero-order valence-corrected chi connectivity index (χ0v) is 13.4. The van der Waals surface area contributed by atoms with Crippen LogP contribution in [0.5, 0.6) is 5.75 Å². The topological polar surface area (TPSA) is 75.6 Å². The molecular weight excluding hydrogens is 325 g/mol. The average molecular weight is 342 g/mol. The molecule has 0 bridgehead atoms. The predicted molar refractivity (Wildman–Crippen MR) is 79.0 cm³/mol. The zero-order valence-electron chi connectivity index (χ0n) is 11.0. The SMILES string of the molecule is CCCOCCCNS(=O)(=O)c1cc(Cl)cc(Cl)c1O. The number of ether oxygens (including phenoxy) is 1. The smallest absolute Gasteiger partial charge is 0.244 e. The van der Waals surface area contributed by atoms with Crippen LogP contribution in [-0.4, -0.2) is 33.3 Å². The lowest BCUT2D eigenvalue weighted by molar-refractivity contribution is 0.133. The van der Waals surface area contributed by atoms with Crippen molar-refractivity contribution in [2.75, 3.05) is 19.8 Å². The minimum absolute atomic E-state index is 0.107. The molecule has 0 aliphatic carbocycles. The molecule has 1 rings (SSSR count). The summed E-state index contributed by atoms with van der Waals surface area (Å²) < 4.78 is 31.6. The number of benzene rings is 1. The molecule has 0 aromatic heterocycles. The van der Waals surface area contributed by atoms with Crippen LogP contribution in [0, 0.1) is 0 Å². The third-order valence-corrected chi connectivity index (χ3v) is 4.37. The molecule has 114 valence electrons. The van der Waals surface area contributed by atoms with Crippen molar-refractivity contribution in [3.63, 3.8) is 0 Å². The van der Waals surface area contributed by atoms with E-state index in [9.17, 15) is 13.5 Å². The number of rotatable bonds is 8. The van der Waals surface area contributed by atoms with Crippen molar-refractivity contribution in [2.24, 2.45) is 0 Å². The van der Waals surface area contributed by atoms with Gasteiger partial charge in [0.2, 0.25) is 10.0 Å². The summed E-state index contributed by atoms with van der Waals surface area (Å²) in [4.78, 5) is -0.329. The summed E-state index contributed by atoms with van der Waals surface area (Å²) in [5.41, 5.74) is 0. The lowest BCUT2D eigenvalue weighted by atomic mass is 10.3. The molecule has 0 saturated carbocycles. The first-order valence-electron chi connectivity index (χ1n) is 6.14. The van der Waals surface area contributed by atoms with Gasteiger partial charge in [-0.1, -0.05) is 30.1 Å². The summed E-state index contributed by atoms with van der Waals surface area (Å²) in [7, 11) is -3.85. The van der Waals surface area contributed by atoms with Crippen LogP contribution in [0.3, 0.4) is 0 Å². The van der Waals surface area contributed by atoms with E-state index in [0.29, 0.717) is 19.6 Å². The van der Waals surface area contributed by atoms with E-state index in [1.54, 1.807) is 0 Å². The highest BCUT2D eigenvalue weighted by Gasteiger charge is 2.21. The van der Waals surface area contributed by atoms with Crippen LogP contribution >= 0.6 is 23.2 Å². The van der Waals surface area contributed by atoms with Gasteiger partial charge in [-0.3, -0.25) is 0 Å². The van der Waals surface area contributed by atoms with Crippen LogP contribution in [0.4, 0.5) is 0 Å². The van der Waals surface area contributed by atoms with Gasteiger partial charge in [0.15, 0.2) is 5.75 Å². The van der Waals surface area contributed by atoms with E-state index in [1.807, 2.05) is 6.92 Å². The highest BCUT2D eigenvalue weighted by molar-refractivity contribution is 7.89. The molecule has 0 amide bonds. The Morgan fingerprint density at radius 1 is 1.30 bits per heavy atom. The lowest BCUT2D eigenvalue weighted by Crippen LogP contribution is -2.25. The van der Waals surface area contributed by atoms with Crippen molar-refractivity contribution in [3.05, 3.63) is 22.2 Å². The van der Waals surface area contributed by atoms with Gasteiger partial charge >= 0.3 is 0 Å². The van der Waals surface area contributed by atoms with Crippen molar-refractivity contribution < 1.29 is 18.3 Å². The van der Waals surface area contributed by atoms with Crippen LogP contribution in [0.2, 0.25) is 10.0 Å².